The third-order valence-corrected chi connectivity index (χ3v) is 8.72. The number of alkyl halides is 2. The van der Waals surface area contributed by atoms with Crippen LogP contribution < -0.4 is 30.7 Å². The monoisotopic (exact) mass is 667 g/mol. The van der Waals surface area contributed by atoms with Crippen molar-refractivity contribution in [2.45, 2.75) is 43.4 Å². The number of halogens is 4. The molecule has 1 unspecified atom stereocenters. The summed E-state index contributed by atoms with van der Waals surface area (Å²) in [4.78, 5) is 23.1. The fourth-order valence-corrected chi connectivity index (χ4v) is 6.31. The second-order valence-corrected chi connectivity index (χ2v) is 11.9. The van der Waals surface area contributed by atoms with E-state index in [-0.39, 0.29) is 31.0 Å². The SMILES string of the molecule is C=CC(=O)N[C@H]1COC[C@H]1Nc1ncc2c(n1)C(NCCCCN1CCC(F)(F)C1)NC(c1c(Cl)c(OC)cc(OC)c1Cl)=C2. The van der Waals surface area contributed by atoms with Gasteiger partial charge in [-0.2, -0.15) is 0 Å². The van der Waals surface area contributed by atoms with Crippen molar-refractivity contribution in [2.24, 2.45) is 0 Å². The van der Waals surface area contributed by atoms with Gasteiger partial charge in [-0.25, -0.2) is 18.7 Å². The maximum Gasteiger partial charge on any atom is 0.261 e. The number of unbranched alkanes of at least 4 members (excludes halogenated alkanes) is 1. The molecule has 4 N–H and O–H groups in total. The molecule has 1 aromatic heterocycles. The Bertz CT molecular complexity index is 1420. The summed E-state index contributed by atoms with van der Waals surface area (Å²) in [6.45, 7) is 5.63. The lowest BCUT2D eigenvalue weighted by Crippen LogP contribution is -2.45. The molecule has 15 heteroatoms. The van der Waals surface area contributed by atoms with Crippen LogP contribution in [0.5, 0.6) is 11.5 Å². The van der Waals surface area contributed by atoms with Crippen LogP contribution in [0, 0.1) is 0 Å². The molecule has 0 radical (unpaired) electrons. The summed E-state index contributed by atoms with van der Waals surface area (Å²) in [5, 5.41) is 13.7. The lowest BCUT2D eigenvalue weighted by molar-refractivity contribution is -0.117. The van der Waals surface area contributed by atoms with Crippen LogP contribution in [0.2, 0.25) is 10.0 Å². The Morgan fingerprint density at radius 1 is 1.22 bits per heavy atom. The van der Waals surface area contributed by atoms with Gasteiger partial charge in [0.05, 0.1) is 61.8 Å². The lowest BCUT2D eigenvalue weighted by atomic mass is 10.0. The predicted octanol–water partition coefficient (Wildman–Crippen LogP) is 4.09. The van der Waals surface area contributed by atoms with Crippen LogP contribution in [0.25, 0.3) is 11.8 Å². The summed E-state index contributed by atoms with van der Waals surface area (Å²) in [5.41, 5.74) is 2.49. The Balaban J connectivity index is 1.37. The van der Waals surface area contributed by atoms with E-state index in [9.17, 15) is 13.6 Å². The Hall–Kier alpha value is -3.23. The smallest absolute Gasteiger partial charge is 0.261 e. The van der Waals surface area contributed by atoms with E-state index in [4.69, 9.17) is 42.4 Å². The van der Waals surface area contributed by atoms with Gasteiger partial charge in [-0.3, -0.25) is 15.0 Å². The zero-order chi connectivity index (χ0) is 32.1. The van der Waals surface area contributed by atoms with E-state index in [1.807, 2.05) is 6.08 Å². The Morgan fingerprint density at radius 2 is 1.96 bits per heavy atom. The highest BCUT2D eigenvalue weighted by atomic mass is 35.5. The van der Waals surface area contributed by atoms with Gasteiger partial charge < -0.3 is 30.2 Å². The molecule has 2 saturated heterocycles. The van der Waals surface area contributed by atoms with Crippen LogP contribution in [0.1, 0.15) is 42.2 Å². The maximum atomic E-state index is 13.6. The summed E-state index contributed by atoms with van der Waals surface area (Å²) in [5.74, 6) is -1.74. The largest absolute Gasteiger partial charge is 0.495 e. The van der Waals surface area contributed by atoms with E-state index in [0.717, 1.165) is 18.4 Å². The first-order valence-corrected chi connectivity index (χ1v) is 15.4. The number of nitrogens with one attached hydrogen (secondary N) is 4. The fraction of sp³-hybridized carbons (Fsp3) is 0.500. The van der Waals surface area contributed by atoms with Gasteiger partial charge in [0.2, 0.25) is 11.9 Å². The van der Waals surface area contributed by atoms with Crippen molar-refractivity contribution in [3.63, 3.8) is 0 Å². The molecule has 3 aliphatic heterocycles. The molecule has 4 heterocycles. The molecule has 0 saturated carbocycles. The summed E-state index contributed by atoms with van der Waals surface area (Å²) >= 11 is 13.5. The van der Waals surface area contributed by atoms with Crippen LogP contribution in [0.4, 0.5) is 14.7 Å². The van der Waals surface area contributed by atoms with Crippen LogP contribution in [0.15, 0.2) is 24.9 Å². The van der Waals surface area contributed by atoms with Gasteiger partial charge in [0, 0.05) is 42.1 Å². The highest BCUT2D eigenvalue weighted by molar-refractivity contribution is 6.39. The number of ether oxygens (including phenoxy) is 3. The average molecular weight is 669 g/mol. The van der Waals surface area contributed by atoms with Gasteiger partial charge in [-0.15, -0.1) is 0 Å². The Labute approximate surface area is 270 Å². The number of carbonyl (C=O) groups is 1. The van der Waals surface area contributed by atoms with E-state index < -0.39 is 12.1 Å². The normalized spacial score (nSPS) is 22.3. The molecule has 3 atom stereocenters. The van der Waals surface area contributed by atoms with E-state index in [1.165, 1.54) is 20.3 Å². The zero-order valence-corrected chi connectivity index (χ0v) is 26.6. The molecule has 5 rings (SSSR count). The van der Waals surface area contributed by atoms with Crippen molar-refractivity contribution in [1.82, 2.24) is 30.8 Å². The molecular weight excluding hydrogens is 631 g/mol. The number of methoxy groups -OCH3 is 2. The molecule has 45 heavy (non-hydrogen) atoms. The minimum Gasteiger partial charge on any atom is -0.495 e. The second kappa shape index (κ2) is 14.5. The first-order valence-electron chi connectivity index (χ1n) is 14.7. The highest BCUT2D eigenvalue weighted by Gasteiger charge is 2.37. The minimum atomic E-state index is -2.60. The minimum absolute atomic E-state index is 0.0895. The number of benzene rings is 1. The number of hydrogen-bond donors (Lipinski definition) is 4. The van der Waals surface area contributed by atoms with Crippen LogP contribution in [0.3, 0.4) is 0 Å². The molecule has 11 nitrogen and oxygen atoms in total. The number of likely N-dealkylation sites (tertiary alicyclic amines) is 1. The van der Waals surface area contributed by atoms with Crippen LogP contribution >= 0.6 is 23.2 Å². The molecular formula is C30H37Cl2F2N7O4. The second-order valence-electron chi connectivity index (χ2n) is 11.1. The number of carbonyl (C=O) groups excluding carboxylic acids is 1. The predicted molar refractivity (Wildman–Crippen MR) is 169 cm³/mol. The number of fused-ring (bicyclic) bond motifs is 1. The van der Waals surface area contributed by atoms with Crippen molar-refractivity contribution < 1.29 is 27.8 Å². The van der Waals surface area contributed by atoms with Crippen LogP contribution in [-0.2, 0) is 9.53 Å². The van der Waals surface area contributed by atoms with Gasteiger partial charge in [-0.05, 0) is 38.1 Å². The summed E-state index contributed by atoms with van der Waals surface area (Å²) in [6.07, 6.45) is 5.69. The molecule has 244 valence electrons. The quantitative estimate of drug-likeness (QED) is 0.184. The molecule has 0 bridgehead atoms. The number of nitrogens with zero attached hydrogens (tertiary/aromatic N) is 3. The average Bonchev–Trinajstić information content (AvgIpc) is 3.61. The molecule has 0 aliphatic carbocycles. The number of amides is 1. The number of aromatic nitrogens is 2. The maximum absolute atomic E-state index is 13.6. The first-order chi connectivity index (χ1) is 21.6. The number of hydrogen-bond acceptors (Lipinski definition) is 10. The molecule has 3 aliphatic rings. The summed E-state index contributed by atoms with van der Waals surface area (Å²) in [7, 11) is 3.02. The van der Waals surface area contributed by atoms with Crippen molar-refractivity contribution in [1.29, 1.82) is 0 Å². The van der Waals surface area contributed by atoms with Gasteiger partial charge in [0.25, 0.3) is 5.92 Å². The summed E-state index contributed by atoms with van der Waals surface area (Å²) in [6, 6.07) is 1.09. The van der Waals surface area contributed by atoms with Gasteiger partial charge in [-0.1, -0.05) is 29.8 Å². The first kappa shape index (κ1) is 33.1. The molecule has 1 aromatic carbocycles. The number of anilines is 1. The van der Waals surface area contributed by atoms with E-state index in [2.05, 4.69) is 32.8 Å². The summed E-state index contributed by atoms with van der Waals surface area (Å²) < 4.78 is 43.7. The van der Waals surface area contributed by atoms with Gasteiger partial charge in [0.1, 0.15) is 17.7 Å². The zero-order valence-electron chi connectivity index (χ0n) is 25.1. The third kappa shape index (κ3) is 7.78. The lowest BCUT2D eigenvalue weighted by Gasteiger charge is -2.30. The molecule has 2 fully saturated rings. The molecule has 2 aromatic rings. The van der Waals surface area contributed by atoms with Crippen molar-refractivity contribution in [3.8, 4) is 11.5 Å². The van der Waals surface area contributed by atoms with Crippen molar-refractivity contribution in [2.75, 3.05) is 58.9 Å². The van der Waals surface area contributed by atoms with Gasteiger partial charge in [0.15, 0.2) is 0 Å². The molecule has 0 spiro atoms. The highest BCUT2D eigenvalue weighted by Crippen LogP contribution is 2.45. The topological polar surface area (TPSA) is 122 Å². The standard InChI is InChI=1S/C30H37Cl2F2N7O4/c1-4-23(42)37-19-14-45-15-20(19)39-29-36-13-17-11-18(24-25(31)21(43-2)12-22(44-3)26(24)32)38-28(27(17)40-29)35-8-5-6-9-41-10-7-30(33,34)16-41/h4,11-13,19-20,28,35,38H,1,5-10,14-16H2,2-3H3,(H,37,42)(H,36,39,40)/t19-,20+,28?/m0/s1. The fourth-order valence-electron chi connectivity index (χ4n) is 5.60. The van der Waals surface area contributed by atoms with Crippen molar-refractivity contribution in [3.05, 3.63) is 51.8 Å². The number of rotatable bonds is 13. The molecule has 1 amide bonds. The van der Waals surface area contributed by atoms with Crippen molar-refractivity contribution >= 4 is 46.8 Å². The Kier molecular flexibility index (Phi) is 10.7. The third-order valence-electron chi connectivity index (χ3n) is 7.97. The van der Waals surface area contributed by atoms with E-state index in [0.29, 0.717) is 77.3 Å². The van der Waals surface area contributed by atoms with Crippen LogP contribution in [-0.4, -0.2) is 92.4 Å². The van der Waals surface area contributed by atoms with Gasteiger partial charge >= 0.3 is 0 Å². The van der Waals surface area contributed by atoms with E-state index >= 15 is 0 Å². The van der Waals surface area contributed by atoms with E-state index in [1.54, 1.807) is 17.2 Å². The Morgan fingerprint density at radius 3 is 2.62 bits per heavy atom.